The number of hydrogen-bond donors (Lipinski definition) is 3. The topological polar surface area (TPSA) is 107 Å². The van der Waals surface area contributed by atoms with Gasteiger partial charge in [-0.2, -0.15) is 0 Å². The van der Waals surface area contributed by atoms with Crippen molar-refractivity contribution in [3.05, 3.63) is 101 Å². The van der Waals surface area contributed by atoms with E-state index >= 15 is 0 Å². The number of carbonyl (C=O) groups excluding carboxylic acids is 1. The fraction of sp³-hybridized carbons (Fsp3) is 0.457. The van der Waals surface area contributed by atoms with Crippen molar-refractivity contribution in [2.45, 2.75) is 76.9 Å². The lowest BCUT2D eigenvalue weighted by Crippen LogP contribution is -2.55. The van der Waals surface area contributed by atoms with Gasteiger partial charge in [-0.1, -0.05) is 61.4 Å². The van der Waals surface area contributed by atoms with Gasteiger partial charge in [0, 0.05) is 18.8 Å². The standard InChI is InChI=1S/C35H45FN2O5S/c1-2-44(42,43)37-24-7-9-27-12-20-31(21-13-27)38-34(29-14-10-26(11-15-29)8-5-3-4-6-25-39)32(35(38)41)22-23-33(40)28-16-18-30(36)19-17-28/h10-21,32-34,37,39-40H,2-9,22-25H2,1H3. The number of benzene rings is 3. The molecule has 1 aliphatic rings. The summed E-state index contributed by atoms with van der Waals surface area (Å²) in [5, 5.41) is 19.7. The van der Waals surface area contributed by atoms with Crippen molar-refractivity contribution < 1.29 is 27.8 Å². The van der Waals surface area contributed by atoms with E-state index in [9.17, 15) is 22.7 Å². The Morgan fingerprint density at radius 2 is 1.48 bits per heavy atom. The van der Waals surface area contributed by atoms with E-state index < -0.39 is 16.1 Å². The lowest BCUT2D eigenvalue weighted by molar-refractivity contribution is -0.131. The number of nitrogens with one attached hydrogen (secondary N) is 1. The van der Waals surface area contributed by atoms with Crippen molar-refractivity contribution in [1.82, 2.24) is 4.72 Å². The summed E-state index contributed by atoms with van der Waals surface area (Å²) in [6.45, 7) is 2.23. The number of aliphatic hydroxyl groups excluding tert-OH is 2. The number of β-lactam (4-membered cyclic amide) rings is 1. The van der Waals surface area contributed by atoms with Gasteiger partial charge in [0.1, 0.15) is 5.82 Å². The molecule has 1 aliphatic heterocycles. The maximum Gasteiger partial charge on any atom is 0.233 e. The molecule has 238 valence electrons. The van der Waals surface area contributed by atoms with Crippen LogP contribution in [0.25, 0.3) is 0 Å². The summed E-state index contributed by atoms with van der Waals surface area (Å²) in [7, 11) is -3.20. The summed E-state index contributed by atoms with van der Waals surface area (Å²) in [5.41, 5.74) is 4.79. The zero-order valence-corrected chi connectivity index (χ0v) is 26.3. The third kappa shape index (κ3) is 9.20. The first-order valence-corrected chi connectivity index (χ1v) is 17.4. The first kappa shape index (κ1) is 33.8. The van der Waals surface area contributed by atoms with E-state index in [4.69, 9.17) is 5.11 Å². The zero-order chi connectivity index (χ0) is 31.5. The van der Waals surface area contributed by atoms with Gasteiger partial charge >= 0.3 is 0 Å². The third-order valence-corrected chi connectivity index (χ3v) is 9.88. The summed E-state index contributed by atoms with van der Waals surface area (Å²) < 4.78 is 39.3. The molecule has 9 heteroatoms. The number of carbonyl (C=O) groups is 1. The van der Waals surface area contributed by atoms with Crippen LogP contribution >= 0.6 is 0 Å². The van der Waals surface area contributed by atoms with E-state index in [0.29, 0.717) is 31.4 Å². The second kappa shape index (κ2) is 16.3. The van der Waals surface area contributed by atoms with E-state index in [2.05, 4.69) is 29.0 Å². The second-order valence-electron chi connectivity index (χ2n) is 11.6. The van der Waals surface area contributed by atoms with E-state index in [0.717, 1.165) is 55.3 Å². The smallest absolute Gasteiger partial charge is 0.233 e. The molecule has 1 saturated heterocycles. The predicted molar refractivity (Wildman–Crippen MR) is 172 cm³/mol. The van der Waals surface area contributed by atoms with Crippen molar-refractivity contribution in [1.29, 1.82) is 0 Å². The van der Waals surface area contributed by atoms with Gasteiger partial charge < -0.3 is 15.1 Å². The molecule has 44 heavy (non-hydrogen) atoms. The molecular weight excluding hydrogens is 579 g/mol. The molecule has 3 unspecified atom stereocenters. The number of halogens is 1. The van der Waals surface area contributed by atoms with Gasteiger partial charge in [0.25, 0.3) is 0 Å². The number of amides is 1. The van der Waals surface area contributed by atoms with E-state index in [-0.39, 0.29) is 36.0 Å². The number of nitrogens with zero attached hydrogens (tertiary/aromatic N) is 1. The van der Waals surface area contributed by atoms with Crippen LogP contribution in [0.1, 0.15) is 86.3 Å². The first-order chi connectivity index (χ1) is 21.2. The van der Waals surface area contributed by atoms with Gasteiger partial charge in [-0.05, 0) is 98.4 Å². The normalized spacial score (nSPS) is 17.5. The van der Waals surface area contributed by atoms with Crippen LogP contribution in [0.2, 0.25) is 0 Å². The lowest BCUT2D eigenvalue weighted by atomic mass is 9.78. The fourth-order valence-electron chi connectivity index (χ4n) is 5.81. The highest BCUT2D eigenvalue weighted by molar-refractivity contribution is 7.89. The van der Waals surface area contributed by atoms with E-state index in [1.165, 1.54) is 17.7 Å². The minimum absolute atomic E-state index is 0.0102. The molecule has 0 radical (unpaired) electrons. The van der Waals surface area contributed by atoms with Crippen molar-refractivity contribution >= 4 is 21.6 Å². The van der Waals surface area contributed by atoms with Gasteiger partial charge in [-0.15, -0.1) is 0 Å². The van der Waals surface area contributed by atoms with Crippen molar-refractivity contribution in [3.8, 4) is 0 Å². The number of aryl methyl sites for hydroxylation is 2. The predicted octanol–water partition coefficient (Wildman–Crippen LogP) is 6.01. The largest absolute Gasteiger partial charge is 0.396 e. The molecule has 0 aromatic heterocycles. The van der Waals surface area contributed by atoms with Crippen LogP contribution < -0.4 is 9.62 Å². The highest BCUT2D eigenvalue weighted by atomic mass is 32.2. The maximum absolute atomic E-state index is 13.6. The molecule has 3 atom stereocenters. The third-order valence-electron chi connectivity index (χ3n) is 8.47. The molecule has 1 amide bonds. The number of sulfonamides is 1. The van der Waals surface area contributed by atoms with E-state index in [1.807, 2.05) is 29.2 Å². The van der Waals surface area contributed by atoms with Gasteiger partial charge in [0.15, 0.2) is 0 Å². The number of anilines is 1. The van der Waals surface area contributed by atoms with Crippen LogP contribution in [0.3, 0.4) is 0 Å². The Morgan fingerprint density at radius 1 is 0.864 bits per heavy atom. The summed E-state index contributed by atoms with van der Waals surface area (Å²) in [5.74, 6) is -0.573. The van der Waals surface area contributed by atoms with Crippen LogP contribution in [-0.4, -0.2) is 43.4 Å². The molecule has 0 saturated carbocycles. The van der Waals surface area contributed by atoms with Gasteiger partial charge in [-0.3, -0.25) is 4.79 Å². The molecule has 4 rings (SSSR count). The zero-order valence-electron chi connectivity index (χ0n) is 25.5. The molecule has 0 bridgehead atoms. The molecule has 3 aromatic rings. The van der Waals surface area contributed by atoms with Gasteiger partial charge in [0.2, 0.25) is 15.9 Å². The molecule has 0 aliphatic carbocycles. The molecule has 0 spiro atoms. The Morgan fingerprint density at radius 3 is 2.11 bits per heavy atom. The average molecular weight is 625 g/mol. The minimum Gasteiger partial charge on any atom is -0.396 e. The summed E-state index contributed by atoms with van der Waals surface area (Å²) >= 11 is 0. The molecule has 1 fully saturated rings. The Kier molecular flexibility index (Phi) is 12.5. The first-order valence-electron chi connectivity index (χ1n) is 15.7. The monoisotopic (exact) mass is 624 g/mol. The Hall–Kier alpha value is -3.11. The van der Waals surface area contributed by atoms with E-state index in [1.54, 1.807) is 19.1 Å². The molecule has 3 aromatic carbocycles. The highest BCUT2D eigenvalue weighted by Gasteiger charge is 2.48. The van der Waals surface area contributed by atoms with Crippen LogP contribution in [0.15, 0.2) is 72.8 Å². The summed E-state index contributed by atoms with van der Waals surface area (Å²) in [6, 6.07) is 22.0. The number of aliphatic hydroxyl groups is 2. The number of hydrogen-bond acceptors (Lipinski definition) is 5. The van der Waals surface area contributed by atoms with Crippen molar-refractivity contribution in [2.24, 2.45) is 5.92 Å². The Bertz CT molecular complexity index is 1430. The quantitative estimate of drug-likeness (QED) is 0.119. The summed E-state index contributed by atoms with van der Waals surface area (Å²) in [6.07, 6.45) is 6.46. The Balaban J connectivity index is 1.44. The van der Waals surface area contributed by atoms with Crippen LogP contribution in [0.5, 0.6) is 0 Å². The Labute approximate surface area is 261 Å². The molecule has 7 nitrogen and oxygen atoms in total. The fourth-order valence-corrected chi connectivity index (χ4v) is 6.47. The highest BCUT2D eigenvalue weighted by Crippen LogP contribution is 2.46. The SMILES string of the molecule is CCS(=O)(=O)NCCCc1ccc(N2C(=O)C(CCC(O)c3ccc(F)cc3)C2c2ccc(CCCCCCO)cc2)cc1. The van der Waals surface area contributed by atoms with Crippen LogP contribution in [-0.2, 0) is 27.7 Å². The van der Waals surface area contributed by atoms with Crippen molar-refractivity contribution in [2.75, 3.05) is 23.8 Å². The molecule has 1 heterocycles. The lowest BCUT2D eigenvalue weighted by Gasteiger charge is -2.48. The van der Waals surface area contributed by atoms with Crippen LogP contribution in [0.4, 0.5) is 10.1 Å². The molecule has 3 N–H and O–H groups in total. The molecular formula is C35H45FN2O5S. The van der Waals surface area contributed by atoms with Gasteiger partial charge in [0.05, 0.1) is 23.8 Å². The maximum atomic E-state index is 13.6. The minimum atomic E-state index is -3.20. The van der Waals surface area contributed by atoms with Crippen LogP contribution in [0, 0.1) is 11.7 Å². The summed E-state index contributed by atoms with van der Waals surface area (Å²) in [4.78, 5) is 15.4. The van der Waals surface area contributed by atoms with Crippen molar-refractivity contribution in [3.63, 3.8) is 0 Å². The second-order valence-corrected chi connectivity index (χ2v) is 13.7. The number of rotatable bonds is 18. The van der Waals surface area contributed by atoms with Gasteiger partial charge in [-0.25, -0.2) is 17.5 Å². The average Bonchev–Trinajstić information content (AvgIpc) is 3.03. The number of unbranched alkanes of at least 4 members (excludes halogenated alkanes) is 3.